The lowest BCUT2D eigenvalue weighted by molar-refractivity contribution is 0.0642. The number of nitrogens with zero attached hydrogens (tertiary/aromatic N) is 1. The number of hydrogen-bond acceptors (Lipinski definition) is 3. The lowest BCUT2D eigenvalue weighted by atomic mass is 10.1. The Kier molecular flexibility index (Phi) is 5.30. The molecule has 1 aromatic carbocycles. The van der Waals surface area contributed by atoms with E-state index in [2.05, 4.69) is 6.92 Å². The van der Waals surface area contributed by atoms with Gasteiger partial charge in [0.05, 0.1) is 11.1 Å². The Hall–Kier alpha value is -1.68. The van der Waals surface area contributed by atoms with Gasteiger partial charge in [0.15, 0.2) is 0 Å². The molecule has 0 bridgehead atoms. The molecule has 0 aliphatic carbocycles. The summed E-state index contributed by atoms with van der Waals surface area (Å²) in [6.45, 7) is 4.10. The van der Waals surface area contributed by atoms with Crippen LogP contribution in [0.2, 0.25) is 0 Å². The quantitative estimate of drug-likeness (QED) is 0.541. The summed E-state index contributed by atoms with van der Waals surface area (Å²) >= 11 is 0. The second kappa shape index (κ2) is 7.20. The Bertz CT molecular complexity index is 449. The van der Waals surface area contributed by atoms with Crippen LogP contribution in [0.5, 0.6) is 0 Å². The summed E-state index contributed by atoms with van der Waals surface area (Å²) in [7, 11) is 0. The van der Waals surface area contributed by atoms with Gasteiger partial charge in [0.2, 0.25) is 0 Å². The predicted octanol–water partition coefficient (Wildman–Crippen LogP) is 2.88. The van der Waals surface area contributed by atoms with Gasteiger partial charge in [0.1, 0.15) is 0 Å². The summed E-state index contributed by atoms with van der Waals surface area (Å²) in [5.41, 5.74) is 1.05. The zero-order valence-electron chi connectivity index (χ0n) is 11.9. The Morgan fingerprint density at radius 2 is 1.55 bits per heavy atom. The summed E-state index contributed by atoms with van der Waals surface area (Å²) in [5, 5.41) is 0. The Labute approximate surface area is 119 Å². The first-order valence-corrected chi connectivity index (χ1v) is 7.28. The molecule has 108 valence electrons. The van der Waals surface area contributed by atoms with Crippen molar-refractivity contribution in [2.24, 2.45) is 0 Å². The molecule has 0 saturated carbocycles. The van der Waals surface area contributed by atoms with Gasteiger partial charge < -0.3 is 4.74 Å². The van der Waals surface area contributed by atoms with Gasteiger partial charge in [-0.2, -0.15) is 0 Å². The Balaban J connectivity index is 1.75. The molecule has 0 N–H and O–H groups in total. The molecule has 20 heavy (non-hydrogen) atoms. The molecule has 0 saturated heterocycles. The summed E-state index contributed by atoms with van der Waals surface area (Å²) in [6, 6.07) is 7.00. The van der Waals surface area contributed by atoms with Crippen LogP contribution in [-0.2, 0) is 4.74 Å². The van der Waals surface area contributed by atoms with Gasteiger partial charge in [-0.1, -0.05) is 25.5 Å². The van der Waals surface area contributed by atoms with Gasteiger partial charge in [-0.15, -0.1) is 0 Å². The minimum atomic E-state index is -0.169. The molecule has 1 aromatic rings. The molecule has 2 amide bonds. The molecule has 1 heterocycles. The van der Waals surface area contributed by atoms with Crippen LogP contribution in [0, 0.1) is 0 Å². The molecular weight excluding hydrogens is 254 g/mol. The number of benzene rings is 1. The van der Waals surface area contributed by atoms with Crippen LogP contribution in [0.1, 0.15) is 53.3 Å². The number of carbonyl (C=O) groups excluding carboxylic acids is 2. The molecule has 0 radical (unpaired) electrons. The number of fused-ring (bicyclic) bond motifs is 1. The summed E-state index contributed by atoms with van der Waals surface area (Å²) < 4.78 is 5.47. The van der Waals surface area contributed by atoms with Crippen molar-refractivity contribution in [3.8, 4) is 0 Å². The van der Waals surface area contributed by atoms with E-state index in [1.807, 2.05) is 0 Å². The van der Waals surface area contributed by atoms with Crippen molar-refractivity contribution in [1.29, 1.82) is 0 Å². The maximum Gasteiger partial charge on any atom is 0.261 e. The third-order valence-corrected chi connectivity index (χ3v) is 3.44. The first-order chi connectivity index (χ1) is 9.75. The Morgan fingerprint density at radius 1 is 0.950 bits per heavy atom. The number of amides is 2. The lowest BCUT2D eigenvalue weighted by Gasteiger charge is -2.13. The first kappa shape index (κ1) is 14.7. The third kappa shape index (κ3) is 3.25. The number of imide groups is 1. The van der Waals surface area contributed by atoms with Crippen molar-refractivity contribution in [1.82, 2.24) is 4.90 Å². The van der Waals surface area contributed by atoms with Crippen molar-refractivity contribution in [2.45, 2.75) is 32.6 Å². The second-order valence-corrected chi connectivity index (χ2v) is 4.98. The van der Waals surface area contributed by atoms with Crippen LogP contribution in [0.3, 0.4) is 0 Å². The highest BCUT2D eigenvalue weighted by molar-refractivity contribution is 6.21. The van der Waals surface area contributed by atoms with Gasteiger partial charge in [-0.05, 0) is 31.4 Å². The first-order valence-electron chi connectivity index (χ1n) is 7.28. The second-order valence-electron chi connectivity index (χ2n) is 4.98. The molecule has 1 aliphatic heterocycles. The van der Waals surface area contributed by atoms with E-state index in [1.54, 1.807) is 24.3 Å². The monoisotopic (exact) mass is 275 g/mol. The van der Waals surface area contributed by atoms with E-state index in [1.165, 1.54) is 4.90 Å². The number of rotatable bonds is 8. The highest BCUT2D eigenvalue weighted by Gasteiger charge is 2.34. The maximum absolute atomic E-state index is 12.1. The Morgan fingerprint density at radius 3 is 2.15 bits per heavy atom. The predicted molar refractivity (Wildman–Crippen MR) is 76.8 cm³/mol. The van der Waals surface area contributed by atoms with E-state index in [0.717, 1.165) is 32.3 Å². The largest absolute Gasteiger partial charge is 0.381 e. The standard InChI is InChI=1S/C16H21NO3/c1-2-3-11-20-12-7-6-10-17-15(18)13-8-4-5-9-14(13)16(17)19/h4-5,8-9H,2-3,6-7,10-12H2,1H3. The number of hydrogen-bond donors (Lipinski definition) is 0. The molecule has 0 unspecified atom stereocenters. The fourth-order valence-corrected chi connectivity index (χ4v) is 2.26. The average Bonchev–Trinajstić information content (AvgIpc) is 2.71. The lowest BCUT2D eigenvalue weighted by Crippen LogP contribution is -2.30. The normalized spacial score (nSPS) is 13.9. The van der Waals surface area contributed by atoms with E-state index in [0.29, 0.717) is 24.3 Å². The van der Waals surface area contributed by atoms with Crippen molar-refractivity contribution in [2.75, 3.05) is 19.8 Å². The van der Waals surface area contributed by atoms with E-state index < -0.39 is 0 Å². The van der Waals surface area contributed by atoms with Gasteiger partial charge in [-0.25, -0.2) is 0 Å². The molecule has 4 heteroatoms. The maximum atomic E-state index is 12.1. The molecule has 4 nitrogen and oxygen atoms in total. The highest BCUT2D eigenvalue weighted by Crippen LogP contribution is 2.22. The van der Waals surface area contributed by atoms with Crippen molar-refractivity contribution < 1.29 is 14.3 Å². The summed E-state index contributed by atoms with van der Waals surface area (Å²) in [4.78, 5) is 25.5. The average molecular weight is 275 g/mol. The van der Waals surface area contributed by atoms with Gasteiger partial charge in [-0.3, -0.25) is 14.5 Å². The molecule has 0 atom stereocenters. The molecule has 2 rings (SSSR count). The van der Waals surface area contributed by atoms with E-state index >= 15 is 0 Å². The van der Waals surface area contributed by atoms with E-state index in [-0.39, 0.29) is 11.8 Å². The van der Waals surface area contributed by atoms with Gasteiger partial charge in [0.25, 0.3) is 11.8 Å². The van der Waals surface area contributed by atoms with E-state index in [4.69, 9.17) is 4.74 Å². The number of ether oxygens (including phenoxy) is 1. The fraction of sp³-hybridized carbons (Fsp3) is 0.500. The van der Waals surface area contributed by atoms with Crippen LogP contribution in [0.25, 0.3) is 0 Å². The van der Waals surface area contributed by atoms with E-state index in [9.17, 15) is 9.59 Å². The summed E-state index contributed by atoms with van der Waals surface area (Å²) in [6.07, 6.45) is 3.88. The number of unbranched alkanes of at least 4 members (excludes halogenated alkanes) is 2. The van der Waals surface area contributed by atoms with Crippen LogP contribution < -0.4 is 0 Å². The zero-order chi connectivity index (χ0) is 14.4. The number of carbonyl (C=O) groups is 2. The van der Waals surface area contributed by atoms with Crippen LogP contribution in [0.15, 0.2) is 24.3 Å². The molecule has 0 spiro atoms. The minimum absolute atomic E-state index is 0.169. The fourth-order valence-electron chi connectivity index (χ4n) is 2.26. The van der Waals surface area contributed by atoms with Gasteiger partial charge in [0, 0.05) is 19.8 Å². The molecular formula is C16H21NO3. The molecule has 0 fully saturated rings. The smallest absolute Gasteiger partial charge is 0.261 e. The topological polar surface area (TPSA) is 46.6 Å². The van der Waals surface area contributed by atoms with Crippen molar-refractivity contribution in [3.63, 3.8) is 0 Å². The van der Waals surface area contributed by atoms with Gasteiger partial charge >= 0.3 is 0 Å². The van der Waals surface area contributed by atoms with Crippen LogP contribution in [0.4, 0.5) is 0 Å². The molecule has 0 aromatic heterocycles. The SMILES string of the molecule is CCCCOCCCCN1C(=O)c2ccccc2C1=O. The van der Waals surface area contributed by atoms with Crippen LogP contribution in [-0.4, -0.2) is 36.5 Å². The van der Waals surface area contributed by atoms with Crippen molar-refractivity contribution in [3.05, 3.63) is 35.4 Å². The summed E-state index contributed by atoms with van der Waals surface area (Å²) in [5.74, 6) is -0.338. The van der Waals surface area contributed by atoms with Crippen molar-refractivity contribution >= 4 is 11.8 Å². The highest BCUT2D eigenvalue weighted by atomic mass is 16.5. The third-order valence-electron chi connectivity index (χ3n) is 3.44. The minimum Gasteiger partial charge on any atom is -0.381 e. The molecule has 1 aliphatic rings. The zero-order valence-corrected chi connectivity index (χ0v) is 11.9. The van der Waals surface area contributed by atoms with Crippen LogP contribution >= 0.6 is 0 Å².